The van der Waals surface area contributed by atoms with Gasteiger partial charge >= 0.3 is 11.9 Å². The Hall–Kier alpha value is -1.35. The van der Waals surface area contributed by atoms with E-state index in [1.807, 2.05) is 0 Å². The van der Waals surface area contributed by atoms with Crippen molar-refractivity contribution in [2.24, 2.45) is 0 Å². The highest BCUT2D eigenvalue weighted by Crippen LogP contribution is 2.24. The summed E-state index contributed by atoms with van der Waals surface area (Å²) in [4.78, 5) is 25.4. The van der Waals surface area contributed by atoms with E-state index >= 15 is 0 Å². The summed E-state index contributed by atoms with van der Waals surface area (Å²) in [5, 5.41) is 30.9. The zero-order valence-electron chi connectivity index (χ0n) is 38.1. The summed E-state index contributed by atoms with van der Waals surface area (Å²) >= 11 is 0. The molecule has 0 aliphatic carbocycles. The SMILES string of the molecule is CCCCCCCCCCCCCCCCCCCCCCC(=O)OC[C@H](CO[C@H]1O[C@H](CS(=O)(=O)O)[C@@H](O)C(O)C1O)OC(=O)CCCCCCCCCCCCCC. The van der Waals surface area contributed by atoms with Crippen LogP contribution in [-0.2, 0) is 38.7 Å². The van der Waals surface area contributed by atoms with Gasteiger partial charge in [-0.25, -0.2) is 0 Å². The van der Waals surface area contributed by atoms with Crippen molar-refractivity contribution in [2.75, 3.05) is 19.0 Å². The molecule has 1 aliphatic rings. The van der Waals surface area contributed by atoms with Crippen LogP contribution >= 0.6 is 0 Å². The van der Waals surface area contributed by atoms with Crippen LogP contribution in [0.15, 0.2) is 0 Å². The molecule has 0 bridgehead atoms. The van der Waals surface area contributed by atoms with Crippen molar-refractivity contribution >= 4 is 22.1 Å². The second-order valence-electron chi connectivity index (χ2n) is 17.5. The largest absolute Gasteiger partial charge is 0.462 e. The van der Waals surface area contributed by atoms with Gasteiger partial charge in [-0.15, -0.1) is 0 Å². The van der Waals surface area contributed by atoms with Crippen molar-refractivity contribution in [1.82, 2.24) is 0 Å². The zero-order valence-corrected chi connectivity index (χ0v) is 38.9. The summed E-state index contributed by atoms with van der Waals surface area (Å²) < 4.78 is 54.1. The molecule has 2 unspecified atom stereocenters. The molecule has 0 aromatic carbocycles. The van der Waals surface area contributed by atoms with Gasteiger partial charge in [0.2, 0.25) is 0 Å². The second-order valence-corrected chi connectivity index (χ2v) is 19.0. The number of ether oxygens (including phenoxy) is 4. The lowest BCUT2D eigenvalue weighted by Crippen LogP contribution is -2.60. The Kier molecular flexibility index (Phi) is 36.0. The van der Waals surface area contributed by atoms with Crippen LogP contribution in [-0.4, -0.2) is 96.0 Å². The topological polar surface area (TPSA) is 186 Å². The maximum Gasteiger partial charge on any atom is 0.306 e. The van der Waals surface area contributed by atoms with E-state index in [1.165, 1.54) is 154 Å². The van der Waals surface area contributed by atoms with Crippen molar-refractivity contribution in [2.45, 2.75) is 269 Å². The zero-order chi connectivity index (χ0) is 44.1. The number of esters is 2. The molecule has 0 amide bonds. The van der Waals surface area contributed by atoms with E-state index in [0.29, 0.717) is 12.8 Å². The molecule has 0 aromatic heterocycles. The van der Waals surface area contributed by atoms with Crippen molar-refractivity contribution in [3.05, 3.63) is 0 Å². The molecule has 356 valence electrons. The van der Waals surface area contributed by atoms with Gasteiger partial charge in [0.15, 0.2) is 12.4 Å². The van der Waals surface area contributed by atoms with Gasteiger partial charge in [-0.2, -0.15) is 8.42 Å². The smallest absolute Gasteiger partial charge is 0.306 e. The van der Waals surface area contributed by atoms with E-state index in [-0.39, 0.29) is 19.4 Å². The lowest BCUT2D eigenvalue weighted by molar-refractivity contribution is -0.297. The summed E-state index contributed by atoms with van der Waals surface area (Å²) in [7, 11) is -4.60. The minimum Gasteiger partial charge on any atom is -0.462 e. The first-order valence-corrected chi connectivity index (χ1v) is 26.2. The van der Waals surface area contributed by atoms with Gasteiger partial charge in [0, 0.05) is 12.8 Å². The van der Waals surface area contributed by atoms with Crippen LogP contribution in [0.25, 0.3) is 0 Å². The molecule has 0 spiro atoms. The van der Waals surface area contributed by atoms with Crippen LogP contribution in [0.4, 0.5) is 0 Å². The van der Waals surface area contributed by atoms with Gasteiger partial charge in [0.05, 0.1) is 6.61 Å². The first kappa shape index (κ1) is 56.7. The second kappa shape index (κ2) is 38.1. The van der Waals surface area contributed by atoms with Crippen LogP contribution in [0, 0.1) is 0 Å². The average Bonchev–Trinajstić information content (AvgIpc) is 3.21. The number of rotatable bonds is 42. The Morgan fingerprint density at radius 3 is 1.22 bits per heavy atom. The van der Waals surface area contributed by atoms with Gasteiger partial charge in [-0.3, -0.25) is 14.1 Å². The summed E-state index contributed by atoms with van der Waals surface area (Å²) in [5.74, 6) is -1.96. The predicted octanol–water partition coefficient (Wildman–Crippen LogP) is 10.5. The molecular weight excluding hydrogens is 789 g/mol. The lowest BCUT2D eigenvalue weighted by atomic mass is 10.00. The van der Waals surface area contributed by atoms with Gasteiger partial charge in [0.1, 0.15) is 36.8 Å². The first-order valence-electron chi connectivity index (χ1n) is 24.6. The third kappa shape index (κ3) is 32.3. The minimum absolute atomic E-state index is 0.172. The third-order valence-corrected chi connectivity index (χ3v) is 12.4. The first-order chi connectivity index (χ1) is 29.0. The molecule has 6 atom stereocenters. The normalized spacial score (nSPS) is 20.0. The highest BCUT2D eigenvalue weighted by atomic mass is 32.2. The number of aliphatic hydroxyl groups is 3. The monoisotopic (exact) mass is 879 g/mol. The Bertz CT molecular complexity index is 1120. The van der Waals surface area contributed by atoms with Crippen LogP contribution in [0.3, 0.4) is 0 Å². The molecule has 12 nitrogen and oxygen atoms in total. The quantitative estimate of drug-likeness (QED) is 0.0259. The molecule has 1 rings (SSSR count). The Balaban J connectivity index is 2.34. The molecule has 0 radical (unpaired) electrons. The van der Waals surface area contributed by atoms with Gasteiger partial charge in [-0.1, -0.05) is 206 Å². The standard InChI is InChI=1S/C47H90O12S/c1-3-5-7-9-11-13-15-17-18-19-20-21-22-23-24-26-27-29-31-33-35-42(48)56-37-40(38-57-47-46(52)45(51)44(50)41(59-47)39-60(53,54)55)58-43(49)36-34-32-30-28-25-16-14-12-10-8-6-4-2/h40-41,44-47,50-52H,3-39H2,1-2H3,(H,53,54,55)/t40-,41-,44-,45?,46?,47+/m1/s1. The average molecular weight is 879 g/mol. The Morgan fingerprint density at radius 1 is 0.500 bits per heavy atom. The van der Waals surface area contributed by atoms with E-state index in [2.05, 4.69) is 13.8 Å². The van der Waals surface area contributed by atoms with Crippen molar-refractivity contribution < 1.29 is 56.8 Å². The van der Waals surface area contributed by atoms with Crippen molar-refractivity contribution in [1.29, 1.82) is 0 Å². The molecular formula is C47H90O12S. The van der Waals surface area contributed by atoms with E-state index < -0.39 is 71.2 Å². The highest BCUT2D eigenvalue weighted by Gasteiger charge is 2.46. The van der Waals surface area contributed by atoms with Crippen LogP contribution < -0.4 is 0 Å². The molecule has 1 aliphatic heterocycles. The van der Waals surface area contributed by atoms with E-state index in [9.17, 15) is 37.9 Å². The molecule has 60 heavy (non-hydrogen) atoms. The summed E-state index contributed by atoms with van der Waals surface area (Å²) in [6.07, 6.45) is 30.1. The van der Waals surface area contributed by atoms with Crippen LogP contribution in [0.2, 0.25) is 0 Å². The molecule has 13 heteroatoms. The van der Waals surface area contributed by atoms with Crippen LogP contribution in [0.5, 0.6) is 0 Å². The fourth-order valence-corrected chi connectivity index (χ4v) is 8.55. The van der Waals surface area contributed by atoms with E-state index in [1.54, 1.807) is 0 Å². The fourth-order valence-electron chi connectivity index (χ4n) is 7.86. The number of hydrogen-bond donors (Lipinski definition) is 4. The van der Waals surface area contributed by atoms with Crippen LogP contribution in [0.1, 0.15) is 232 Å². The van der Waals surface area contributed by atoms with Gasteiger partial charge in [-0.05, 0) is 12.8 Å². The number of carbonyl (C=O) groups excluding carboxylic acids is 2. The van der Waals surface area contributed by atoms with E-state index in [4.69, 9.17) is 18.9 Å². The fraction of sp³-hybridized carbons (Fsp3) is 0.957. The maximum absolute atomic E-state index is 12.8. The maximum atomic E-state index is 12.8. The number of hydrogen-bond acceptors (Lipinski definition) is 11. The number of unbranched alkanes of at least 4 members (excludes halogenated alkanes) is 30. The number of carbonyl (C=O) groups is 2. The van der Waals surface area contributed by atoms with Crippen molar-refractivity contribution in [3.8, 4) is 0 Å². The third-order valence-electron chi connectivity index (χ3n) is 11.7. The van der Waals surface area contributed by atoms with Gasteiger partial charge in [0.25, 0.3) is 10.1 Å². The summed E-state index contributed by atoms with van der Waals surface area (Å²) in [5.41, 5.74) is 0. The van der Waals surface area contributed by atoms with E-state index in [0.717, 1.165) is 38.5 Å². The van der Waals surface area contributed by atoms with Gasteiger partial charge < -0.3 is 34.3 Å². The van der Waals surface area contributed by atoms with Crippen molar-refractivity contribution in [3.63, 3.8) is 0 Å². The molecule has 1 saturated heterocycles. The highest BCUT2D eigenvalue weighted by molar-refractivity contribution is 7.85. The Labute approximate surface area is 365 Å². The summed E-state index contributed by atoms with van der Waals surface area (Å²) in [6, 6.07) is 0. The molecule has 1 fully saturated rings. The summed E-state index contributed by atoms with van der Waals surface area (Å²) in [6.45, 7) is 3.79. The molecule has 0 saturated carbocycles. The molecule has 4 N–H and O–H groups in total. The number of aliphatic hydroxyl groups excluding tert-OH is 3. The molecule has 1 heterocycles. The predicted molar refractivity (Wildman–Crippen MR) is 238 cm³/mol. The molecule has 0 aromatic rings. The Morgan fingerprint density at radius 2 is 0.850 bits per heavy atom. The minimum atomic E-state index is -4.60. The lowest BCUT2D eigenvalue weighted by Gasteiger charge is -2.40.